The highest BCUT2D eigenvalue weighted by atomic mass is 15.1. The number of fused-ring (bicyclic) bond motifs is 12. The van der Waals surface area contributed by atoms with Crippen molar-refractivity contribution in [3.05, 3.63) is 400 Å². The molecule has 22 aromatic rings. The summed E-state index contributed by atoms with van der Waals surface area (Å²) in [6, 6.07) is 141. The van der Waals surface area contributed by atoms with E-state index in [0.29, 0.717) is 34.9 Å². The first-order chi connectivity index (χ1) is 55.5. The van der Waals surface area contributed by atoms with Crippen LogP contribution < -0.4 is 0 Å². The van der Waals surface area contributed by atoms with E-state index in [4.69, 9.17) is 29.9 Å². The van der Waals surface area contributed by atoms with Gasteiger partial charge in [0.2, 0.25) is 0 Å². The number of hydrogen-bond acceptors (Lipinski definition) is 6. The van der Waals surface area contributed by atoms with Gasteiger partial charge in [-0.1, -0.05) is 285 Å². The zero-order chi connectivity index (χ0) is 74.0. The molecule has 22 rings (SSSR count). The minimum absolute atomic E-state index is 0.630. The average molecular weight is 1430 g/mol. The van der Waals surface area contributed by atoms with Gasteiger partial charge in [0.1, 0.15) is 0 Å². The number of nitrogens with zero attached hydrogens (tertiary/aromatic N) is 10. The van der Waals surface area contributed by atoms with E-state index in [0.717, 1.165) is 78.2 Å². The number of para-hydroxylation sites is 6. The lowest BCUT2D eigenvalue weighted by atomic mass is 10.0. The molecule has 0 saturated carbocycles. The van der Waals surface area contributed by atoms with Crippen molar-refractivity contribution in [2.24, 2.45) is 0 Å². The molecule has 524 valence electrons. The Kier molecular flexibility index (Phi) is 16.0. The maximum atomic E-state index is 5.02. The van der Waals surface area contributed by atoms with Gasteiger partial charge in [0, 0.05) is 99.2 Å². The molecule has 0 fully saturated rings. The first-order valence-electron chi connectivity index (χ1n) is 37.7. The van der Waals surface area contributed by atoms with E-state index in [1.54, 1.807) is 0 Å². The van der Waals surface area contributed by atoms with Crippen LogP contribution in [0, 0.1) is 0 Å². The molecule has 0 aliphatic heterocycles. The molecular weight excluding hydrogens is 1370 g/mol. The first-order valence-corrected chi connectivity index (χ1v) is 37.7. The summed E-state index contributed by atoms with van der Waals surface area (Å²) in [7, 11) is 0. The monoisotopic (exact) mass is 1430 g/mol. The quantitative estimate of drug-likeness (QED) is 0.121. The molecule has 6 aromatic heterocycles. The molecule has 0 atom stereocenters. The van der Waals surface area contributed by atoms with Crippen molar-refractivity contribution in [2.45, 2.75) is 0 Å². The van der Waals surface area contributed by atoms with Crippen molar-refractivity contribution in [3.8, 4) is 113 Å². The van der Waals surface area contributed by atoms with Gasteiger partial charge >= 0.3 is 0 Å². The Morgan fingerprint density at radius 2 is 0.348 bits per heavy atom. The van der Waals surface area contributed by atoms with Gasteiger partial charge in [0.05, 0.1) is 44.1 Å². The van der Waals surface area contributed by atoms with Crippen LogP contribution in [-0.4, -0.2) is 48.2 Å². The lowest BCUT2D eigenvalue weighted by Crippen LogP contribution is -2.01. The molecule has 0 aliphatic rings. The van der Waals surface area contributed by atoms with Gasteiger partial charge in [-0.15, -0.1) is 0 Å². The smallest absolute Gasteiger partial charge is 0.164 e. The Balaban J connectivity index is 0.000000141. The Hall–Kier alpha value is -15.3. The molecule has 0 spiro atoms. The van der Waals surface area contributed by atoms with Crippen molar-refractivity contribution >= 4 is 87.2 Å². The van der Waals surface area contributed by atoms with Gasteiger partial charge in [-0.25, -0.2) is 29.9 Å². The van der Waals surface area contributed by atoms with Crippen LogP contribution in [0.2, 0.25) is 0 Å². The van der Waals surface area contributed by atoms with Gasteiger partial charge in [0.15, 0.2) is 34.9 Å². The highest BCUT2D eigenvalue weighted by Gasteiger charge is 2.22. The summed E-state index contributed by atoms with van der Waals surface area (Å²) in [4.78, 5) is 29.9. The van der Waals surface area contributed by atoms with E-state index in [-0.39, 0.29) is 0 Å². The van der Waals surface area contributed by atoms with Gasteiger partial charge in [-0.05, 0) is 138 Å². The number of aromatic nitrogens is 10. The van der Waals surface area contributed by atoms with E-state index in [2.05, 4.69) is 297 Å². The SMILES string of the molecule is c1ccc(-c2nc(-c3ccccc3)nc(-c3cccc(-n4c5ccccc5c5cc(-c6ccc7c(c6)c6ccccc6n7-c6ccccc6)ccc54)c3)n2)cc1.c1ccc(-c2nc(-c3ccccc3)nc(-c3cccc(-n4c5ccccc5c5cc(-c6ccc7c8ccccc8n(-c8ccccc8)c7c6)ccc54)c3)n2)cc1. The van der Waals surface area contributed by atoms with Crippen LogP contribution in [0.3, 0.4) is 0 Å². The zero-order valence-corrected chi connectivity index (χ0v) is 60.6. The van der Waals surface area contributed by atoms with E-state index >= 15 is 0 Å². The molecule has 10 heteroatoms. The third-order valence-corrected chi connectivity index (χ3v) is 21.5. The fraction of sp³-hybridized carbons (Fsp3) is 0. The number of benzene rings is 16. The molecule has 0 saturated heterocycles. The maximum Gasteiger partial charge on any atom is 0.164 e. The normalized spacial score (nSPS) is 11.6. The summed E-state index contributed by atoms with van der Waals surface area (Å²) in [5.41, 5.74) is 24.1. The van der Waals surface area contributed by atoms with Crippen LogP contribution >= 0.6 is 0 Å². The zero-order valence-electron chi connectivity index (χ0n) is 60.6. The minimum Gasteiger partial charge on any atom is -0.309 e. The van der Waals surface area contributed by atoms with Gasteiger partial charge in [-0.3, -0.25) is 0 Å². The predicted molar refractivity (Wildman–Crippen MR) is 460 cm³/mol. The number of hydrogen-bond donors (Lipinski definition) is 0. The molecule has 10 nitrogen and oxygen atoms in total. The fourth-order valence-electron chi connectivity index (χ4n) is 16.3. The molecule has 0 bridgehead atoms. The van der Waals surface area contributed by atoms with Crippen molar-refractivity contribution in [1.29, 1.82) is 0 Å². The van der Waals surface area contributed by atoms with Gasteiger partial charge in [-0.2, -0.15) is 0 Å². The molecule has 0 unspecified atom stereocenters. The second-order valence-corrected chi connectivity index (χ2v) is 28.2. The van der Waals surface area contributed by atoms with Crippen LogP contribution in [0.1, 0.15) is 0 Å². The van der Waals surface area contributed by atoms with E-state index in [1.165, 1.54) is 87.4 Å². The second kappa shape index (κ2) is 27.5. The van der Waals surface area contributed by atoms with Crippen LogP contribution in [0.25, 0.3) is 201 Å². The summed E-state index contributed by atoms with van der Waals surface area (Å²) in [5.74, 6) is 3.84. The third-order valence-electron chi connectivity index (χ3n) is 21.5. The summed E-state index contributed by atoms with van der Waals surface area (Å²) < 4.78 is 9.45. The molecule has 0 amide bonds. The van der Waals surface area contributed by atoms with Crippen LogP contribution in [0.4, 0.5) is 0 Å². The molecule has 6 heterocycles. The van der Waals surface area contributed by atoms with Crippen molar-refractivity contribution < 1.29 is 0 Å². The van der Waals surface area contributed by atoms with E-state index in [9.17, 15) is 0 Å². The van der Waals surface area contributed by atoms with Crippen LogP contribution in [-0.2, 0) is 0 Å². The van der Waals surface area contributed by atoms with Gasteiger partial charge in [0.25, 0.3) is 0 Å². The molecular formula is C102H66N10. The standard InChI is InChI=1S/2C51H33N5/c1-4-15-34(16-5-1)49-52-50(35-17-6-2-7-18-35)54-51(53-49)38-19-14-22-40(31-38)56-46-26-13-11-24-42(46)44-32-36(28-30-47(44)56)37-27-29-43-41-23-10-12-25-45(41)55(48(43)33-37)39-20-8-3-9-21-39;1-4-15-34(16-5-1)49-52-50(35-17-6-2-7-18-35)54-51(53-49)38-19-14-22-40(31-38)56-46-26-13-11-24-42(46)44-33-37(28-30-48(44)56)36-27-29-47-43(32-36)41-23-10-12-25-45(41)55(47)39-20-8-3-9-21-39/h2*1-33H. The topological polar surface area (TPSA) is 97.1 Å². The Bertz CT molecular complexity index is 7230. The third kappa shape index (κ3) is 11.5. The summed E-state index contributed by atoms with van der Waals surface area (Å²) >= 11 is 0. The fourth-order valence-corrected chi connectivity index (χ4v) is 16.3. The summed E-state index contributed by atoms with van der Waals surface area (Å²) in [6.07, 6.45) is 0. The van der Waals surface area contributed by atoms with Gasteiger partial charge < -0.3 is 18.3 Å². The maximum absolute atomic E-state index is 5.02. The Labute approximate surface area is 645 Å². The second-order valence-electron chi connectivity index (χ2n) is 28.2. The van der Waals surface area contributed by atoms with E-state index in [1.807, 2.05) is 121 Å². The Morgan fingerprint density at radius 3 is 0.688 bits per heavy atom. The average Bonchev–Trinajstić information content (AvgIpc) is 1.60. The lowest BCUT2D eigenvalue weighted by Gasteiger charge is -2.12. The summed E-state index contributed by atoms with van der Waals surface area (Å²) in [6.45, 7) is 0. The lowest BCUT2D eigenvalue weighted by molar-refractivity contribution is 1.07. The summed E-state index contributed by atoms with van der Waals surface area (Å²) in [5, 5.41) is 9.79. The molecule has 0 N–H and O–H groups in total. The highest BCUT2D eigenvalue weighted by molar-refractivity contribution is 6.15. The predicted octanol–water partition coefficient (Wildman–Crippen LogP) is 25.5. The largest absolute Gasteiger partial charge is 0.309 e. The van der Waals surface area contributed by atoms with Crippen LogP contribution in [0.15, 0.2) is 400 Å². The number of rotatable bonds is 12. The minimum atomic E-state index is 0.630. The van der Waals surface area contributed by atoms with Crippen molar-refractivity contribution in [3.63, 3.8) is 0 Å². The van der Waals surface area contributed by atoms with Crippen LogP contribution in [0.5, 0.6) is 0 Å². The molecule has 0 radical (unpaired) electrons. The first kappa shape index (κ1) is 65.1. The van der Waals surface area contributed by atoms with Crippen molar-refractivity contribution in [2.75, 3.05) is 0 Å². The Morgan fingerprint density at radius 1 is 0.125 bits per heavy atom. The van der Waals surface area contributed by atoms with E-state index < -0.39 is 0 Å². The molecule has 0 aliphatic carbocycles. The molecule has 16 aromatic carbocycles. The van der Waals surface area contributed by atoms with Crippen molar-refractivity contribution in [1.82, 2.24) is 48.2 Å². The highest BCUT2D eigenvalue weighted by Crippen LogP contribution is 2.42. The molecule has 112 heavy (non-hydrogen) atoms.